The molecule has 2 N–H and O–H groups in total. The van der Waals surface area contributed by atoms with Gasteiger partial charge in [-0.1, -0.05) is 13.0 Å². The van der Waals surface area contributed by atoms with E-state index in [2.05, 4.69) is 9.97 Å². The van der Waals surface area contributed by atoms with Gasteiger partial charge in [0.25, 0.3) is 0 Å². The van der Waals surface area contributed by atoms with Crippen LogP contribution in [-0.4, -0.2) is 18.7 Å². The van der Waals surface area contributed by atoms with Crippen LogP contribution in [0, 0.1) is 0 Å². The van der Waals surface area contributed by atoms with Gasteiger partial charge in [0.05, 0.1) is 4.90 Å². The van der Waals surface area contributed by atoms with Gasteiger partial charge in [0, 0.05) is 29.7 Å². The molecule has 2 rings (SSSR count). The first-order chi connectivity index (χ1) is 7.68. The molecule has 2 aromatic heterocycles. The fourth-order valence-corrected chi connectivity index (χ4v) is 1.92. The summed E-state index contributed by atoms with van der Waals surface area (Å²) >= 11 is -1.93. The van der Waals surface area contributed by atoms with E-state index in [0.29, 0.717) is 4.90 Å². The third kappa shape index (κ3) is 2.20. The molecule has 2 atom stereocenters. The summed E-state index contributed by atoms with van der Waals surface area (Å²) in [6.45, 7) is 2.00. The largest absolute Gasteiger partial charge is 0.363 e. The lowest BCUT2D eigenvalue weighted by molar-refractivity contribution is 0.564. The SMILES string of the molecule is CC(c1ccccn1)c1cc(S(=O)O)c[nH]1. The highest BCUT2D eigenvalue weighted by molar-refractivity contribution is 7.79. The van der Waals surface area contributed by atoms with E-state index in [-0.39, 0.29) is 5.92 Å². The van der Waals surface area contributed by atoms with Crippen LogP contribution in [-0.2, 0) is 11.1 Å². The fraction of sp³-hybridized carbons (Fsp3) is 0.182. The summed E-state index contributed by atoms with van der Waals surface area (Å²) in [7, 11) is 0. The van der Waals surface area contributed by atoms with Crippen LogP contribution in [0.25, 0.3) is 0 Å². The van der Waals surface area contributed by atoms with Crippen molar-refractivity contribution in [2.24, 2.45) is 0 Å². The second-order valence-electron chi connectivity index (χ2n) is 3.52. The molecule has 5 heteroatoms. The molecule has 0 aliphatic heterocycles. The molecule has 0 saturated carbocycles. The van der Waals surface area contributed by atoms with Crippen molar-refractivity contribution in [2.45, 2.75) is 17.7 Å². The highest BCUT2D eigenvalue weighted by atomic mass is 32.2. The lowest BCUT2D eigenvalue weighted by atomic mass is 10.0. The Morgan fingerprint density at radius 1 is 1.50 bits per heavy atom. The Kier molecular flexibility index (Phi) is 3.17. The van der Waals surface area contributed by atoms with Gasteiger partial charge in [-0.05, 0) is 18.2 Å². The lowest BCUT2D eigenvalue weighted by Crippen LogP contribution is -1.98. The third-order valence-corrected chi connectivity index (χ3v) is 3.12. The molecule has 0 saturated heterocycles. The van der Waals surface area contributed by atoms with Crippen molar-refractivity contribution in [3.8, 4) is 0 Å². The first kappa shape index (κ1) is 11.0. The summed E-state index contributed by atoms with van der Waals surface area (Å²) in [5.74, 6) is 0.0819. The predicted molar refractivity (Wildman–Crippen MR) is 61.6 cm³/mol. The third-order valence-electron chi connectivity index (χ3n) is 2.48. The predicted octanol–water partition coefficient (Wildman–Crippen LogP) is 2.14. The van der Waals surface area contributed by atoms with Crippen LogP contribution in [0.2, 0.25) is 0 Å². The first-order valence-electron chi connectivity index (χ1n) is 4.88. The van der Waals surface area contributed by atoms with Crippen molar-refractivity contribution in [1.82, 2.24) is 9.97 Å². The number of hydrogen-bond acceptors (Lipinski definition) is 2. The Labute approximate surface area is 96.0 Å². The van der Waals surface area contributed by atoms with Crippen LogP contribution in [0.4, 0.5) is 0 Å². The molecule has 0 aliphatic rings. The highest BCUT2D eigenvalue weighted by Crippen LogP contribution is 2.22. The molecule has 2 unspecified atom stereocenters. The number of hydrogen-bond donors (Lipinski definition) is 2. The van der Waals surface area contributed by atoms with Gasteiger partial charge in [-0.15, -0.1) is 0 Å². The van der Waals surface area contributed by atoms with Gasteiger partial charge in [0.15, 0.2) is 11.1 Å². The zero-order chi connectivity index (χ0) is 11.5. The molecule has 4 nitrogen and oxygen atoms in total. The Balaban J connectivity index is 2.27. The quantitative estimate of drug-likeness (QED) is 0.802. The van der Waals surface area contributed by atoms with Crippen LogP contribution >= 0.6 is 0 Å². The Morgan fingerprint density at radius 3 is 2.88 bits per heavy atom. The van der Waals surface area contributed by atoms with Crippen molar-refractivity contribution in [3.63, 3.8) is 0 Å². The molecule has 0 radical (unpaired) electrons. The monoisotopic (exact) mass is 236 g/mol. The van der Waals surface area contributed by atoms with Crippen LogP contribution in [0.5, 0.6) is 0 Å². The summed E-state index contributed by atoms with van der Waals surface area (Å²) in [6, 6.07) is 7.41. The zero-order valence-electron chi connectivity index (χ0n) is 8.75. The minimum atomic E-state index is -1.93. The minimum Gasteiger partial charge on any atom is -0.363 e. The number of pyridine rings is 1. The molecule has 0 bridgehead atoms. The van der Waals surface area contributed by atoms with E-state index in [4.69, 9.17) is 4.55 Å². The van der Waals surface area contributed by atoms with Crippen LogP contribution in [0.3, 0.4) is 0 Å². The van der Waals surface area contributed by atoms with Crippen LogP contribution < -0.4 is 0 Å². The maximum absolute atomic E-state index is 10.8. The molecule has 84 valence electrons. The topological polar surface area (TPSA) is 66.0 Å². The number of aromatic nitrogens is 2. The van der Waals surface area contributed by atoms with Gasteiger partial charge in [-0.25, -0.2) is 4.21 Å². The molecule has 0 aliphatic carbocycles. The molecular formula is C11H12N2O2S. The summed E-state index contributed by atoms with van der Waals surface area (Å²) in [4.78, 5) is 7.63. The lowest BCUT2D eigenvalue weighted by Gasteiger charge is -2.07. The number of H-pyrrole nitrogens is 1. The van der Waals surface area contributed by atoms with E-state index in [0.717, 1.165) is 11.4 Å². The van der Waals surface area contributed by atoms with Gasteiger partial charge >= 0.3 is 0 Å². The molecule has 0 spiro atoms. The highest BCUT2D eigenvalue weighted by Gasteiger charge is 2.12. The van der Waals surface area contributed by atoms with Crippen molar-refractivity contribution in [3.05, 3.63) is 48.0 Å². The molecule has 0 aromatic carbocycles. The molecule has 2 heterocycles. The Morgan fingerprint density at radius 2 is 2.31 bits per heavy atom. The summed E-state index contributed by atoms with van der Waals surface area (Å²) < 4.78 is 19.8. The number of nitrogens with one attached hydrogen (secondary N) is 1. The van der Waals surface area contributed by atoms with Gasteiger partial charge in [-0.2, -0.15) is 0 Å². The Hall–Kier alpha value is -1.46. The summed E-state index contributed by atoms with van der Waals surface area (Å²) in [6.07, 6.45) is 3.28. The van der Waals surface area contributed by atoms with E-state index < -0.39 is 11.1 Å². The molecule has 16 heavy (non-hydrogen) atoms. The molecule has 0 amide bonds. The maximum Gasteiger partial charge on any atom is 0.188 e. The Bertz CT molecular complexity index is 496. The van der Waals surface area contributed by atoms with Crippen molar-refractivity contribution < 1.29 is 8.76 Å². The number of nitrogens with zero attached hydrogens (tertiary/aromatic N) is 1. The van der Waals surface area contributed by atoms with Crippen molar-refractivity contribution in [1.29, 1.82) is 0 Å². The zero-order valence-corrected chi connectivity index (χ0v) is 9.57. The van der Waals surface area contributed by atoms with E-state index in [1.54, 1.807) is 18.5 Å². The molecule has 2 aromatic rings. The standard InChI is InChI=1S/C11H12N2O2S/c1-8(10-4-2-3-5-12-10)11-6-9(7-13-11)16(14)15/h2-8,13H,1H3,(H,14,15). The van der Waals surface area contributed by atoms with Gasteiger partial charge in [0.2, 0.25) is 0 Å². The van der Waals surface area contributed by atoms with E-state index in [9.17, 15) is 4.21 Å². The fourth-order valence-electron chi connectivity index (χ4n) is 1.53. The molecule has 0 fully saturated rings. The summed E-state index contributed by atoms with van der Waals surface area (Å²) in [5.41, 5.74) is 1.82. The minimum absolute atomic E-state index is 0.0819. The second-order valence-corrected chi connectivity index (χ2v) is 4.49. The maximum atomic E-state index is 10.8. The number of aromatic amines is 1. The number of rotatable bonds is 3. The van der Waals surface area contributed by atoms with Gasteiger partial charge in [0.1, 0.15) is 0 Å². The smallest absolute Gasteiger partial charge is 0.188 e. The average Bonchev–Trinajstić information content (AvgIpc) is 2.78. The van der Waals surface area contributed by atoms with Crippen LogP contribution in [0.15, 0.2) is 41.6 Å². The van der Waals surface area contributed by atoms with Crippen LogP contribution in [0.1, 0.15) is 24.2 Å². The van der Waals surface area contributed by atoms with E-state index in [1.165, 1.54) is 0 Å². The van der Waals surface area contributed by atoms with Gasteiger partial charge in [-0.3, -0.25) is 4.98 Å². The van der Waals surface area contributed by atoms with Gasteiger partial charge < -0.3 is 9.54 Å². The summed E-state index contributed by atoms with van der Waals surface area (Å²) in [5, 5.41) is 0. The van der Waals surface area contributed by atoms with E-state index >= 15 is 0 Å². The second kappa shape index (κ2) is 4.59. The first-order valence-corrected chi connectivity index (χ1v) is 5.99. The van der Waals surface area contributed by atoms with Crippen molar-refractivity contribution >= 4 is 11.1 Å². The van der Waals surface area contributed by atoms with E-state index in [1.807, 2.05) is 25.1 Å². The normalized spacial score (nSPS) is 14.6. The molecular weight excluding hydrogens is 224 g/mol. The van der Waals surface area contributed by atoms with Crippen molar-refractivity contribution in [2.75, 3.05) is 0 Å². The average molecular weight is 236 g/mol.